The molecule has 2 aliphatic carbocycles. The fourth-order valence-corrected chi connectivity index (χ4v) is 3.05. The van der Waals surface area contributed by atoms with Crippen LogP contribution < -0.4 is 5.32 Å². The van der Waals surface area contributed by atoms with Crippen molar-refractivity contribution < 1.29 is 9.84 Å². The van der Waals surface area contributed by atoms with Gasteiger partial charge in [-0.15, -0.1) is 0 Å². The van der Waals surface area contributed by atoms with Gasteiger partial charge in [0.05, 0.1) is 6.61 Å². The number of nitrogens with one attached hydrogen (secondary N) is 1. The average Bonchev–Trinajstić information content (AvgIpc) is 2.88. The molecular formula is C13H23NO2. The fraction of sp³-hybridized carbons (Fsp3) is 0.846. The molecular weight excluding hydrogens is 202 g/mol. The molecule has 16 heavy (non-hydrogen) atoms. The summed E-state index contributed by atoms with van der Waals surface area (Å²) in [6.07, 6.45) is 8.25. The van der Waals surface area contributed by atoms with Crippen molar-refractivity contribution in [2.75, 3.05) is 26.9 Å². The number of aliphatic hydroxyl groups excluding tert-OH is 1. The minimum absolute atomic E-state index is 0.234. The summed E-state index contributed by atoms with van der Waals surface area (Å²) in [6, 6.07) is 0.304. The maximum absolute atomic E-state index is 8.95. The van der Waals surface area contributed by atoms with E-state index in [1.54, 1.807) is 7.11 Å². The van der Waals surface area contributed by atoms with Crippen LogP contribution in [-0.2, 0) is 4.74 Å². The second-order valence-electron chi connectivity index (χ2n) is 5.11. The van der Waals surface area contributed by atoms with Gasteiger partial charge in [-0.3, -0.25) is 0 Å². The second-order valence-corrected chi connectivity index (χ2v) is 5.11. The number of rotatable bonds is 7. The zero-order valence-electron chi connectivity index (χ0n) is 10.1. The highest BCUT2D eigenvalue weighted by Crippen LogP contribution is 2.42. The first-order chi connectivity index (χ1) is 7.83. The molecule has 3 nitrogen and oxygen atoms in total. The highest BCUT2D eigenvalue weighted by molar-refractivity contribution is 5.10. The average molecular weight is 225 g/mol. The quantitative estimate of drug-likeness (QED) is 0.639. The summed E-state index contributed by atoms with van der Waals surface area (Å²) in [6.45, 7) is 1.99. The van der Waals surface area contributed by atoms with Gasteiger partial charge < -0.3 is 15.2 Å². The van der Waals surface area contributed by atoms with Crippen molar-refractivity contribution in [3.63, 3.8) is 0 Å². The van der Waals surface area contributed by atoms with Gasteiger partial charge >= 0.3 is 0 Å². The topological polar surface area (TPSA) is 41.5 Å². The lowest BCUT2D eigenvalue weighted by Gasteiger charge is -2.23. The SMILES string of the molecule is COCC(CCO)NCC1CC2C=CC1C2. The van der Waals surface area contributed by atoms with E-state index in [4.69, 9.17) is 9.84 Å². The van der Waals surface area contributed by atoms with Crippen LogP contribution in [0.2, 0.25) is 0 Å². The van der Waals surface area contributed by atoms with E-state index in [1.807, 2.05) is 0 Å². The van der Waals surface area contributed by atoms with Crippen LogP contribution >= 0.6 is 0 Å². The Kier molecular flexibility index (Phi) is 4.38. The van der Waals surface area contributed by atoms with Crippen LogP contribution in [0.5, 0.6) is 0 Å². The van der Waals surface area contributed by atoms with E-state index in [0.717, 1.165) is 30.7 Å². The molecule has 0 amide bonds. The lowest BCUT2D eigenvalue weighted by Crippen LogP contribution is -2.38. The van der Waals surface area contributed by atoms with Crippen molar-refractivity contribution >= 4 is 0 Å². The van der Waals surface area contributed by atoms with E-state index in [0.29, 0.717) is 12.6 Å². The first-order valence-corrected chi connectivity index (χ1v) is 6.35. The number of hydrogen-bond acceptors (Lipinski definition) is 3. The number of aliphatic hydroxyl groups is 1. The molecule has 0 heterocycles. The van der Waals surface area contributed by atoms with Crippen LogP contribution in [0.25, 0.3) is 0 Å². The zero-order chi connectivity index (χ0) is 11.4. The van der Waals surface area contributed by atoms with Gasteiger partial charge in [0.15, 0.2) is 0 Å². The van der Waals surface area contributed by atoms with E-state index in [1.165, 1.54) is 12.8 Å². The van der Waals surface area contributed by atoms with Gasteiger partial charge in [0.2, 0.25) is 0 Å². The molecule has 4 atom stereocenters. The Balaban J connectivity index is 1.71. The molecule has 0 spiro atoms. The molecule has 2 rings (SSSR count). The molecule has 4 unspecified atom stereocenters. The second kappa shape index (κ2) is 5.80. The third-order valence-corrected chi connectivity index (χ3v) is 3.93. The Labute approximate surface area is 97.9 Å². The number of allylic oxidation sites excluding steroid dienone is 2. The molecule has 0 aromatic rings. The van der Waals surface area contributed by atoms with Crippen molar-refractivity contribution in [2.24, 2.45) is 17.8 Å². The molecule has 0 radical (unpaired) electrons. The minimum atomic E-state index is 0.234. The first-order valence-electron chi connectivity index (χ1n) is 6.35. The number of methoxy groups -OCH3 is 1. The van der Waals surface area contributed by atoms with E-state index in [9.17, 15) is 0 Å². The van der Waals surface area contributed by atoms with Gasteiger partial charge in [-0.2, -0.15) is 0 Å². The summed E-state index contributed by atoms with van der Waals surface area (Å²) in [4.78, 5) is 0. The Hall–Kier alpha value is -0.380. The van der Waals surface area contributed by atoms with Crippen LogP contribution in [0.3, 0.4) is 0 Å². The monoisotopic (exact) mass is 225 g/mol. The highest BCUT2D eigenvalue weighted by Gasteiger charge is 2.35. The Bertz CT molecular complexity index is 236. The normalized spacial score (nSPS) is 33.5. The van der Waals surface area contributed by atoms with Gasteiger partial charge in [0.1, 0.15) is 0 Å². The van der Waals surface area contributed by atoms with Gasteiger partial charge in [-0.1, -0.05) is 12.2 Å². The smallest absolute Gasteiger partial charge is 0.0616 e. The fourth-order valence-electron chi connectivity index (χ4n) is 3.05. The lowest BCUT2D eigenvalue weighted by molar-refractivity contribution is 0.145. The third kappa shape index (κ3) is 2.84. The van der Waals surface area contributed by atoms with Crippen molar-refractivity contribution in [3.05, 3.63) is 12.2 Å². The Morgan fingerprint density at radius 3 is 2.88 bits per heavy atom. The van der Waals surface area contributed by atoms with Gasteiger partial charge in [-0.25, -0.2) is 0 Å². The van der Waals surface area contributed by atoms with Crippen LogP contribution in [0, 0.1) is 17.8 Å². The molecule has 2 aliphatic rings. The molecule has 0 aromatic heterocycles. The molecule has 2 N–H and O–H groups in total. The predicted molar refractivity (Wildman–Crippen MR) is 64.2 cm³/mol. The summed E-state index contributed by atoms with van der Waals surface area (Å²) in [7, 11) is 1.71. The van der Waals surface area contributed by atoms with Crippen molar-refractivity contribution in [1.29, 1.82) is 0 Å². The maximum atomic E-state index is 8.95. The molecule has 0 aromatic carbocycles. The molecule has 0 aliphatic heterocycles. The van der Waals surface area contributed by atoms with Gasteiger partial charge in [-0.05, 0) is 43.6 Å². The van der Waals surface area contributed by atoms with E-state index in [-0.39, 0.29) is 6.61 Å². The summed E-state index contributed by atoms with van der Waals surface area (Å²) in [5.74, 6) is 2.44. The zero-order valence-corrected chi connectivity index (χ0v) is 10.1. The highest BCUT2D eigenvalue weighted by atomic mass is 16.5. The number of hydrogen-bond donors (Lipinski definition) is 2. The standard InChI is InChI=1S/C13H23NO2/c1-16-9-13(4-5-15)14-8-12-7-10-2-3-11(12)6-10/h2-3,10-15H,4-9H2,1H3. The van der Waals surface area contributed by atoms with Gasteiger partial charge in [0, 0.05) is 19.8 Å². The van der Waals surface area contributed by atoms with E-state index < -0.39 is 0 Å². The van der Waals surface area contributed by atoms with Crippen molar-refractivity contribution in [2.45, 2.75) is 25.3 Å². The number of fused-ring (bicyclic) bond motifs is 2. The maximum Gasteiger partial charge on any atom is 0.0616 e. The minimum Gasteiger partial charge on any atom is -0.396 e. The lowest BCUT2D eigenvalue weighted by atomic mass is 9.93. The third-order valence-electron chi connectivity index (χ3n) is 3.93. The first kappa shape index (κ1) is 12.1. The van der Waals surface area contributed by atoms with Gasteiger partial charge in [0.25, 0.3) is 0 Å². The van der Waals surface area contributed by atoms with Crippen molar-refractivity contribution in [3.8, 4) is 0 Å². The molecule has 92 valence electrons. The Morgan fingerprint density at radius 2 is 2.31 bits per heavy atom. The Morgan fingerprint density at radius 1 is 1.44 bits per heavy atom. The molecule has 1 saturated carbocycles. The van der Waals surface area contributed by atoms with Crippen molar-refractivity contribution in [1.82, 2.24) is 5.32 Å². The molecule has 0 saturated heterocycles. The van der Waals surface area contributed by atoms with Crippen LogP contribution in [-0.4, -0.2) is 38.0 Å². The summed E-state index contributed by atoms with van der Waals surface area (Å²) < 4.78 is 5.15. The summed E-state index contributed by atoms with van der Waals surface area (Å²) in [5, 5.41) is 12.5. The summed E-state index contributed by atoms with van der Waals surface area (Å²) in [5.41, 5.74) is 0. The van der Waals surface area contributed by atoms with Crippen LogP contribution in [0.1, 0.15) is 19.3 Å². The summed E-state index contributed by atoms with van der Waals surface area (Å²) >= 11 is 0. The molecule has 2 bridgehead atoms. The molecule has 1 fully saturated rings. The van der Waals surface area contributed by atoms with Crippen LogP contribution in [0.4, 0.5) is 0 Å². The molecule has 3 heteroatoms. The largest absolute Gasteiger partial charge is 0.396 e. The van der Waals surface area contributed by atoms with E-state index >= 15 is 0 Å². The number of ether oxygens (including phenoxy) is 1. The van der Waals surface area contributed by atoms with Crippen LogP contribution in [0.15, 0.2) is 12.2 Å². The predicted octanol–water partition coefficient (Wildman–Crippen LogP) is 1.19. The van der Waals surface area contributed by atoms with E-state index in [2.05, 4.69) is 17.5 Å².